The molecule has 0 aliphatic rings. The SMILES string of the molecule is Cc1cccc(C)c1N(c1ccccc1)c1ccc2cc3c(cc2c1)oc1cc2oc4cc5cc(N(c6ccccc6)c6c(C)cccc6C)ccc5cc4c2c(C#N)c13. The highest BCUT2D eigenvalue weighted by molar-refractivity contribution is 6.22. The lowest BCUT2D eigenvalue weighted by molar-refractivity contribution is 0.656. The molecule has 0 saturated heterocycles. The maximum Gasteiger partial charge on any atom is 0.140 e. The van der Waals surface area contributed by atoms with Crippen molar-refractivity contribution in [2.75, 3.05) is 9.80 Å². The van der Waals surface area contributed by atoms with Crippen LogP contribution in [-0.4, -0.2) is 0 Å². The Hall–Kier alpha value is -7.81. The molecule has 2 heterocycles. The molecule has 0 spiro atoms. The molecular weight excluding hydrogens is 735 g/mol. The molecule has 5 nitrogen and oxygen atoms in total. The molecule has 286 valence electrons. The molecule has 0 atom stereocenters. The van der Waals surface area contributed by atoms with Gasteiger partial charge in [0.25, 0.3) is 0 Å². The average Bonchev–Trinajstić information content (AvgIpc) is 3.80. The Morgan fingerprint density at radius 1 is 0.383 bits per heavy atom. The van der Waals surface area contributed by atoms with Crippen molar-refractivity contribution in [3.8, 4) is 6.07 Å². The summed E-state index contributed by atoms with van der Waals surface area (Å²) in [5.74, 6) is 0. The van der Waals surface area contributed by atoms with Crippen LogP contribution in [-0.2, 0) is 0 Å². The first kappa shape index (κ1) is 35.4. The van der Waals surface area contributed by atoms with Gasteiger partial charge in [-0.1, -0.05) is 84.9 Å². The highest BCUT2D eigenvalue weighted by Gasteiger charge is 2.23. The lowest BCUT2D eigenvalue weighted by Crippen LogP contribution is -2.12. The minimum Gasteiger partial charge on any atom is -0.456 e. The van der Waals surface area contributed by atoms with Gasteiger partial charge < -0.3 is 18.6 Å². The first-order valence-corrected chi connectivity index (χ1v) is 20.3. The molecule has 60 heavy (non-hydrogen) atoms. The number of furan rings is 2. The first-order chi connectivity index (χ1) is 29.3. The lowest BCUT2D eigenvalue weighted by Gasteiger charge is -2.29. The van der Waals surface area contributed by atoms with Gasteiger partial charge in [-0.25, -0.2) is 0 Å². The second kappa shape index (κ2) is 13.7. The summed E-state index contributed by atoms with van der Waals surface area (Å²) < 4.78 is 13.2. The van der Waals surface area contributed by atoms with E-state index in [9.17, 15) is 5.26 Å². The van der Waals surface area contributed by atoms with Crippen molar-refractivity contribution >= 4 is 99.5 Å². The number of nitriles is 1. The molecular formula is C55H39N3O2. The van der Waals surface area contributed by atoms with Gasteiger partial charge in [0.2, 0.25) is 0 Å². The monoisotopic (exact) mass is 773 g/mol. The average molecular weight is 774 g/mol. The van der Waals surface area contributed by atoms with Crippen LogP contribution in [0.3, 0.4) is 0 Å². The van der Waals surface area contributed by atoms with E-state index >= 15 is 0 Å². The molecule has 0 amide bonds. The molecule has 11 rings (SSSR count). The standard InChI is InChI=1S/C55H39N3O2/c1-33-13-11-14-34(2)54(33)57(41-17-7-5-8-18-41)43-23-21-37-27-45-48(29-39(37)25-43)59-50-31-51-53(47(32-56)52(45)50)46-28-38-22-24-44(26-40(38)30-49(46)60-51)58(42-19-9-6-10-20-42)55-35(3)15-12-16-36(55)4/h5-31H,1-4H3. The van der Waals surface area contributed by atoms with Gasteiger partial charge in [0.15, 0.2) is 0 Å². The first-order valence-electron chi connectivity index (χ1n) is 20.3. The third-order valence-corrected chi connectivity index (χ3v) is 12.1. The van der Waals surface area contributed by atoms with E-state index in [-0.39, 0.29) is 0 Å². The molecule has 9 aromatic carbocycles. The van der Waals surface area contributed by atoms with Gasteiger partial charge in [-0.2, -0.15) is 5.26 Å². The van der Waals surface area contributed by atoms with Crippen LogP contribution in [0.1, 0.15) is 27.8 Å². The Labute approximate surface area is 347 Å². The van der Waals surface area contributed by atoms with Crippen LogP contribution >= 0.6 is 0 Å². The van der Waals surface area contributed by atoms with Crippen LogP contribution in [0.5, 0.6) is 0 Å². The van der Waals surface area contributed by atoms with Crippen molar-refractivity contribution in [2.45, 2.75) is 27.7 Å². The van der Waals surface area contributed by atoms with Crippen LogP contribution in [0.4, 0.5) is 34.1 Å². The fourth-order valence-electron chi connectivity index (χ4n) is 9.33. The molecule has 0 N–H and O–H groups in total. The number of aryl methyl sites for hydroxylation is 4. The number of hydrogen-bond acceptors (Lipinski definition) is 5. The summed E-state index contributed by atoms with van der Waals surface area (Å²) in [5.41, 5.74) is 14.7. The van der Waals surface area contributed by atoms with E-state index in [0.29, 0.717) is 16.7 Å². The van der Waals surface area contributed by atoms with E-state index in [1.54, 1.807) is 0 Å². The van der Waals surface area contributed by atoms with E-state index in [1.807, 2.05) is 18.2 Å². The molecule has 5 heteroatoms. The highest BCUT2D eigenvalue weighted by atomic mass is 16.3. The predicted molar refractivity (Wildman–Crippen MR) is 249 cm³/mol. The zero-order valence-corrected chi connectivity index (χ0v) is 33.7. The second-order valence-corrected chi connectivity index (χ2v) is 15.9. The summed E-state index contributed by atoms with van der Waals surface area (Å²) in [6, 6.07) is 60.1. The van der Waals surface area contributed by atoms with E-state index in [0.717, 1.165) is 77.0 Å². The minimum atomic E-state index is 0.558. The number of fused-ring (bicyclic) bond motifs is 8. The van der Waals surface area contributed by atoms with E-state index in [2.05, 4.69) is 189 Å². The Morgan fingerprint density at radius 2 is 0.800 bits per heavy atom. The number of nitrogens with zero attached hydrogens (tertiary/aromatic N) is 3. The van der Waals surface area contributed by atoms with Crippen LogP contribution in [0.25, 0.3) is 65.4 Å². The van der Waals surface area contributed by atoms with Crippen LogP contribution in [0.2, 0.25) is 0 Å². The molecule has 0 unspecified atom stereocenters. The number of benzene rings is 9. The molecule has 0 fully saturated rings. The van der Waals surface area contributed by atoms with Gasteiger partial charge in [-0.3, -0.25) is 0 Å². The number of hydrogen-bond donors (Lipinski definition) is 0. The third-order valence-electron chi connectivity index (χ3n) is 12.1. The highest BCUT2D eigenvalue weighted by Crippen LogP contribution is 2.45. The molecule has 2 aromatic heterocycles. The van der Waals surface area contributed by atoms with E-state index in [1.165, 1.54) is 33.6 Å². The third kappa shape index (κ3) is 5.53. The predicted octanol–water partition coefficient (Wildman–Crippen LogP) is 15.8. The van der Waals surface area contributed by atoms with Crippen molar-refractivity contribution in [1.82, 2.24) is 0 Å². The van der Waals surface area contributed by atoms with Crippen molar-refractivity contribution < 1.29 is 8.83 Å². The second-order valence-electron chi connectivity index (χ2n) is 15.9. The Bertz CT molecular complexity index is 3290. The molecule has 0 bridgehead atoms. The molecule has 0 aliphatic heterocycles. The van der Waals surface area contributed by atoms with Crippen LogP contribution in [0, 0.1) is 39.0 Å². The van der Waals surface area contributed by atoms with E-state index in [4.69, 9.17) is 8.83 Å². The quantitative estimate of drug-likeness (QED) is 0.168. The van der Waals surface area contributed by atoms with Crippen molar-refractivity contribution in [1.29, 1.82) is 5.26 Å². The summed E-state index contributed by atoms with van der Waals surface area (Å²) in [6.45, 7) is 8.65. The maximum atomic E-state index is 10.9. The van der Waals surface area contributed by atoms with Crippen LogP contribution in [0.15, 0.2) is 173 Å². The van der Waals surface area contributed by atoms with Gasteiger partial charge in [-0.05, 0) is 144 Å². The van der Waals surface area contributed by atoms with Crippen LogP contribution < -0.4 is 9.80 Å². The smallest absolute Gasteiger partial charge is 0.140 e. The summed E-state index contributed by atoms with van der Waals surface area (Å²) in [4.78, 5) is 4.66. The minimum absolute atomic E-state index is 0.558. The summed E-state index contributed by atoms with van der Waals surface area (Å²) in [6.07, 6.45) is 0. The van der Waals surface area contributed by atoms with Gasteiger partial charge in [-0.15, -0.1) is 0 Å². The molecule has 11 aromatic rings. The normalized spacial score (nSPS) is 11.7. The van der Waals surface area contributed by atoms with E-state index < -0.39 is 0 Å². The fourth-order valence-corrected chi connectivity index (χ4v) is 9.33. The van der Waals surface area contributed by atoms with Crippen molar-refractivity contribution in [3.63, 3.8) is 0 Å². The number of rotatable bonds is 6. The molecule has 0 aliphatic carbocycles. The Kier molecular flexibility index (Phi) is 8.05. The topological polar surface area (TPSA) is 56.6 Å². The summed E-state index contributed by atoms with van der Waals surface area (Å²) >= 11 is 0. The maximum absolute atomic E-state index is 10.9. The summed E-state index contributed by atoms with van der Waals surface area (Å²) in [5, 5.41) is 18.5. The zero-order valence-electron chi connectivity index (χ0n) is 33.7. The Balaban J connectivity index is 1.05. The number of para-hydroxylation sites is 4. The Morgan fingerprint density at radius 3 is 1.20 bits per heavy atom. The van der Waals surface area contributed by atoms with Gasteiger partial charge >= 0.3 is 0 Å². The fraction of sp³-hybridized carbons (Fsp3) is 0.0727. The van der Waals surface area contributed by atoms with Crippen molar-refractivity contribution in [2.24, 2.45) is 0 Å². The summed E-state index contributed by atoms with van der Waals surface area (Å²) in [7, 11) is 0. The lowest BCUT2D eigenvalue weighted by atomic mass is 9.98. The largest absolute Gasteiger partial charge is 0.456 e. The zero-order chi connectivity index (χ0) is 40.6. The van der Waals surface area contributed by atoms with Crippen molar-refractivity contribution in [3.05, 3.63) is 192 Å². The van der Waals surface area contributed by atoms with Gasteiger partial charge in [0.1, 0.15) is 28.4 Å². The van der Waals surface area contributed by atoms with Gasteiger partial charge in [0, 0.05) is 50.4 Å². The molecule has 0 saturated carbocycles. The number of anilines is 6. The van der Waals surface area contributed by atoms with Gasteiger partial charge in [0.05, 0.1) is 16.9 Å². The molecule has 0 radical (unpaired) electrons.